The Labute approximate surface area is 122 Å². The highest BCUT2D eigenvalue weighted by Gasteiger charge is 2.41. The van der Waals surface area contributed by atoms with E-state index in [1.807, 2.05) is 32.4 Å². The second kappa shape index (κ2) is 5.50. The number of sulfonamides is 1. The van der Waals surface area contributed by atoms with Gasteiger partial charge in [-0.25, -0.2) is 8.42 Å². The molecular weight excluding hydrogens is 274 g/mol. The first-order chi connectivity index (χ1) is 9.32. The van der Waals surface area contributed by atoms with E-state index in [9.17, 15) is 8.42 Å². The predicted molar refractivity (Wildman–Crippen MR) is 80.1 cm³/mol. The Morgan fingerprint density at radius 1 is 1.40 bits per heavy atom. The number of nitrogens with one attached hydrogen (secondary N) is 1. The van der Waals surface area contributed by atoms with E-state index in [0.717, 1.165) is 25.1 Å². The van der Waals surface area contributed by atoms with Crippen LogP contribution in [0.15, 0.2) is 17.2 Å². The highest BCUT2D eigenvalue weighted by atomic mass is 32.2. The molecule has 1 aliphatic rings. The molecule has 114 valence electrons. The summed E-state index contributed by atoms with van der Waals surface area (Å²) in [7, 11) is -1.53. The third-order valence-electron chi connectivity index (χ3n) is 4.07. The molecule has 1 aromatic rings. The maximum absolute atomic E-state index is 12.8. The molecule has 1 fully saturated rings. The van der Waals surface area contributed by atoms with Gasteiger partial charge in [-0.15, -0.1) is 0 Å². The Kier molecular flexibility index (Phi) is 4.27. The predicted octanol–water partition coefficient (Wildman–Crippen LogP) is 1.79. The number of hydrogen-bond donors (Lipinski definition) is 1. The molecule has 0 atom stereocenters. The van der Waals surface area contributed by atoms with Crippen molar-refractivity contribution >= 4 is 10.0 Å². The molecule has 0 saturated carbocycles. The highest BCUT2D eigenvalue weighted by Crippen LogP contribution is 2.34. The van der Waals surface area contributed by atoms with Gasteiger partial charge in [-0.3, -0.25) is 0 Å². The van der Waals surface area contributed by atoms with Gasteiger partial charge in [0.05, 0.1) is 0 Å². The second-order valence-electron chi connectivity index (χ2n) is 5.98. The van der Waals surface area contributed by atoms with Crippen molar-refractivity contribution in [3.8, 4) is 0 Å². The SMILES string of the molecule is CCn1cc(S(=O)(=O)N2CCCC2(C)C)cc1CNC. The fourth-order valence-electron chi connectivity index (χ4n) is 2.95. The molecule has 0 amide bonds. The Morgan fingerprint density at radius 3 is 2.60 bits per heavy atom. The van der Waals surface area contributed by atoms with Crippen LogP contribution in [-0.2, 0) is 23.1 Å². The van der Waals surface area contributed by atoms with Crippen LogP contribution in [0.3, 0.4) is 0 Å². The summed E-state index contributed by atoms with van der Waals surface area (Å²) in [5.74, 6) is 0. The summed E-state index contributed by atoms with van der Waals surface area (Å²) in [5, 5.41) is 3.08. The van der Waals surface area contributed by atoms with Gasteiger partial charge in [-0.1, -0.05) is 0 Å². The van der Waals surface area contributed by atoms with Crippen LogP contribution in [0.5, 0.6) is 0 Å². The average molecular weight is 299 g/mol. The van der Waals surface area contributed by atoms with Crippen molar-refractivity contribution < 1.29 is 8.42 Å². The minimum absolute atomic E-state index is 0.281. The number of aryl methyl sites for hydroxylation is 1. The zero-order chi connectivity index (χ0) is 15.0. The van der Waals surface area contributed by atoms with Crippen molar-refractivity contribution in [2.75, 3.05) is 13.6 Å². The lowest BCUT2D eigenvalue weighted by Crippen LogP contribution is -2.42. The summed E-state index contributed by atoms with van der Waals surface area (Å²) in [5.41, 5.74) is 0.724. The minimum Gasteiger partial charge on any atom is -0.349 e. The monoisotopic (exact) mass is 299 g/mol. The summed E-state index contributed by atoms with van der Waals surface area (Å²) in [6.07, 6.45) is 3.62. The first-order valence-electron chi connectivity index (χ1n) is 7.19. The van der Waals surface area contributed by atoms with Gasteiger partial charge >= 0.3 is 0 Å². The van der Waals surface area contributed by atoms with Gasteiger partial charge in [0, 0.05) is 37.1 Å². The molecule has 0 bridgehead atoms. The Bertz CT molecular complexity index is 575. The van der Waals surface area contributed by atoms with E-state index in [2.05, 4.69) is 5.32 Å². The van der Waals surface area contributed by atoms with Crippen molar-refractivity contribution in [1.82, 2.24) is 14.2 Å². The zero-order valence-electron chi connectivity index (χ0n) is 12.8. The molecule has 6 heteroatoms. The van der Waals surface area contributed by atoms with E-state index in [1.54, 1.807) is 16.6 Å². The fourth-order valence-corrected chi connectivity index (χ4v) is 4.86. The maximum Gasteiger partial charge on any atom is 0.245 e. The van der Waals surface area contributed by atoms with Gasteiger partial charge in [-0.05, 0) is 46.7 Å². The normalized spacial score (nSPS) is 19.6. The van der Waals surface area contributed by atoms with Gasteiger partial charge in [0.1, 0.15) is 4.90 Å². The van der Waals surface area contributed by atoms with Crippen molar-refractivity contribution in [3.63, 3.8) is 0 Å². The summed E-state index contributed by atoms with van der Waals surface area (Å²) in [4.78, 5) is 0.416. The molecule has 20 heavy (non-hydrogen) atoms. The molecule has 0 radical (unpaired) electrons. The zero-order valence-corrected chi connectivity index (χ0v) is 13.6. The Balaban J connectivity index is 2.39. The molecule has 2 rings (SSSR count). The lowest BCUT2D eigenvalue weighted by atomic mass is 10.0. The number of rotatable bonds is 5. The third-order valence-corrected chi connectivity index (χ3v) is 6.15. The average Bonchev–Trinajstić information content (AvgIpc) is 2.93. The molecule has 1 aromatic heterocycles. The topological polar surface area (TPSA) is 54.3 Å². The second-order valence-corrected chi connectivity index (χ2v) is 7.84. The smallest absolute Gasteiger partial charge is 0.245 e. The van der Waals surface area contributed by atoms with Gasteiger partial charge in [0.25, 0.3) is 0 Å². The molecule has 0 unspecified atom stereocenters. The first kappa shape index (κ1) is 15.5. The number of hydrogen-bond acceptors (Lipinski definition) is 3. The lowest BCUT2D eigenvalue weighted by molar-refractivity contribution is 0.291. The molecule has 5 nitrogen and oxygen atoms in total. The molecule has 0 spiro atoms. The van der Waals surface area contributed by atoms with E-state index in [1.165, 1.54) is 0 Å². The number of aromatic nitrogens is 1. The quantitative estimate of drug-likeness (QED) is 0.902. The Hall–Kier alpha value is -0.850. The van der Waals surface area contributed by atoms with Gasteiger partial charge < -0.3 is 9.88 Å². The van der Waals surface area contributed by atoms with Crippen LogP contribution < -0.4 is 5.32 Å². The minimum atomic E-state index is -3.39. The molecule has 1 N–H and O–H groups in total. The van der Waals surface area contributed by atoms with Crippen LogP contribution in [0.25, 0.3) is 0 Å². The van der Waals surface area contributed by atoms with Crippen molar-refractivity contribution in [2.45, 2.75) is 57.1 Å². The van der Waals surface area contributed by atoms with Crippen molar-refractivity contribution in [2.24, 2.45) is 0 Å². The maximum atomic E-state index is 12.8. The lowest BCUT2D eigenvalue weighted by Gasteiger charge is -2.30. The highest BCUT2D eigenvalue weighted by molar-refractivity contribution is 7.89. The fraction of sp³-hybridized carbons (Fsp3) is 0.714. The summed E-state index contributed by atoms with van der Waals surface area (Å²) in [6.45, 7) is 8.10. The summed E-state index contributed by atoms with van der Waals surface area (Å²) >= 11 is 0. The van der Waals surface area contributed by atoms with Crippen molar-refractivity contribution in [1.29, 1.82) is 0 Å². The van der Waals surface area contributed by atoms with E-state index in [-0.39, 0.29) is 5.54 Å². The molecule has 1 aliphatic heterocycles. The van der Waals surface area contributed by atoms with Gasteiger partial charge in [0.15, 0.2) is 0 Å². The Morgan fingerprint density at radius 2 is 2.10 bits per heavy atom. The van der Waals surface area contributed by atoms with Crippen LogP contribution in [0.4, 0.5) is 0 Å². The molecule has 1 saturated heterocycles. The van der Waals surface area contributed by atoms with Crippen LogP contribution in [0.1, 0.15) is 39.3 Å². The van der Waals surface area contributed by atoms with Gasteiger partial charge in [0.2, 0.25) is 10.0 Å². The number of nitrogens with zero attached hydrogens (tertiary/aromatic N) is 2. The largest absolute Gasteiger partial charge is 0.349 e. The van der Waals surface area contributed by atoms with Crippen LogP contribution in [0.2, 0.25) is 0 Å². The summed E-state index contributed by atoms with van der Waals surface area (Å²) < 4.78 is 29.3. The molecular formula is C14H25N3O2S. The molecule has 0 aromatic carbocycles. The standard InChI is InChI=1S/C14H25N3O2S/c1-5-16-11-13(9-12(16)10-15-4)20(18,19)17-8-6-7-14(17,2)3/h9,11,15H,5-8,10H2,1-4H3. The van der Waals surface area contributed by atoms with E-state index in [0.29, 0.717) is 18.0 Å². The van der Waals surface area contributed by atoms with Crippen LogP contribution >= 0.6 is 0 Å². The van der Waals surface area contributed by atoms with E-state index >= 15 is 0 Å². The molecule has 2 heterocycles. The third kappa shape index (κ3) is 2.64. The molecule has 0 aliphatic carbocycles. The van der Waals surface area contributed by atoms with Crippen molar-refractivity contribution in [3.05, 3.63) is 18.0 Å². The summed E-state index contributed by atoms with van der Waals surface area (Å²) in [6, 6.07) is 1.80. The van der Waals surface area contributed by atoms with E-state index < -0.39 is 10.0 Å². The van der Waals surface area contributed by atoms with E-state index in [4.69, 9.17) is 0 Å². The first-order valence-corrected chi connectivity index (χ1v) is 8.63. The van der Waals surface area contributed by atoms with Crippen LogP contribution in [-0.4, -0.2) is 36.4 Å². The van der Waals surface area contributed by atoms with Crippen LogP contribution in [0, 0.1) is 0 Å². The van der Waals surface area contributed by atoms with Gasteiger partial charge in [-0.2, -0.15) is 4.31 Å².